The van der Waals surface area contributed by atoms with Crippen LogP contribution in [0.1, 0.15) is 29.7 Å². The van der Waals surface area contributed by atoms with E-state index >= 15 is 0 Å². The monoisotopic (exact) mass is 415 g/mol. The van der Waals surface area contributed by atoms with E-state index in [9.17, 15) is 20.0 Å². The summed E-state index contributed by atoms with van der Waals surface area (Å²) in [5, 5.41) is 21.6. The Morgan fingerprint density at radius 1 is 1.03 bits per heavy atom. The number of carboxylic acids is 1. The van der Waals surface area contributed by atoms with Gasteiger partial charge in [0.25, 0.3) is 5.69 Å². The molecule has 1 N–H and O–H groups in total. The minimum absolute atomic E-state index is 0.0466. The molecule has 0 aliphatic carbocycles. The van der Waals surface area contributed by atoms with Crippen LogP contribution in [0.25, 0.3) is 0 Å². The largest absolute Gasteiger partial charge is 0.479 e. The third-order valence-electron chi connectivity index (χ3n) is 5.62. The lowest BCUT2D eigenvalue weighted by Crippen LogP contribution is -2.43. The van der Waals surface area contributed by atoms with Crippen LogP contribution in [0.2, 0.25) is 0 Å². The first kappa shape index (κ1) is 20.3. The second-order valence-corrected chi connectivity index (χ2v) is 7.46. The lowest BCUT2D eigenvalue weighted by molar-refractivity contribution is -0.384. The van der Waals surface area contributed by atoms with Gasteiger partial charge in [0, 0.05) is 18.7 Å². The topological polar surface area (TPSA) is 96.0 Å². The molecule has 0 saturated heterocycles. The predicted octanol–water partition coefficient (Wildman–Crippen LogP) is 4.55. The predicted molar refractivity (Wildman–Crippen MR) is 117 cm³/mol. The molecule has 156 valence electrons. The van der Waals surface area contributed by atoms with Gasteiger partial charge in [-0.05, 0) is 23.6 Å². The third kappa shape index (κ3) is 3.54. The van der Waals surface area contributed by atoms with E-state index in [1.807, 2.05) is 41.3 Å². The number of rotatable bonds is 6. The number of carbonyl (C=O) groups is 1. The molecular weight excluding hydrogens is 394 g/mol. The summed E-state index contributed by atoms with van der Waals surface area (Å²) in [4.78, 5) is 30.1. The van der Waals surface area contributed by atoms with Crippen LogP contribution < -0.4 is 0 Å². The Morgan fingerprint density at radius 3 is 2.16 bits per heavy atom. The van der Waals surface area contributed by atoms with Crippen molar-refractivity contribution in [3.8, 4) is 0 Å². The van der Waals surface area contributed by atoms with E-state index in [0.717, 1.165) is 5.56 Å². The number of aliphatic carboxylic acids is 1. The van der Waals surface area contributed by atoms with Gasteiger partial charge in [0.2, 0.25) is 5.54 Å². The van der Waals surface area contributed by atoms with Gasteiger partial charge in [0.15, 0.2) is 0 Å². The van der Waals surface area contributed by atoms with Crippen molar-refractivity contribution in [2.24, 2.45) is 4.99 Å². The minimum atomic E-state index is -1.57. The Bertz CT molecular complexity index is 1130. The van der Waals surface area contributed by atoms with Crippen molar-refractivity contribution in [2.45, 2.75) is 25.0 Å². The van der Waals surface area contributed by atoms with Gasteiger partial charge in [-0.3, -0.25) is 10.1 Å². The Hall–Kier alpha value is -4.00. The van der Waals surface area contributed by atoms with E-state index in [1.165, 1.54) is 12.1 Å². The van der Waals surface area contributed by atoms with Gasteiger partial charge in [-0.2, -0.15) is 0 Å². The molecule has 7 nitrogen and oxygen atoms in total. The van der Waals surface area contributed by atoms with Gasteiger partial charge < -0.3 is 10.0 Å². The molecule has 3 aromatic rings. The molecule has 1 aliphatic rings. The Labute approximate surface area is 179 Å². The summed E-state index contributed by atoms with van der Waals surface area (Å²) in [6, 6.07) is 24.0. The van der Waals surface area contributed by atoms with Crippen LogP contribution in [0.3, 0.4) is 0 Å². The molecule has 0 unspecified atom stereocenters. The first-order chi connectivity index (χ1) is 14.9. The first-order valence-corrected chi connectivity index (χ1v) is 9.84. The normalized spacial score (nSPS) is 20.4. The van der Waals surface area contributed by atoms with Crippen LogP contribution in [0, 0.1) is 10.1 Å². The van der Waals surface area contributed by atoms with E-state index in [4.69, 9.17) is 4.99 Å². The third-order valence-corrected chi connectivity index (χ3v) is 5.62. The number of hydrogen-bond donors (Lipinski definition) is 1. The maximum Gasteiger partial charge on any atom is 0.338 e. The SMILES string of the molecule is CC1=N[C@@](C(=O)O)(c2ccccc2)[C@H](c2ccc([N+](=O)[O-])cc2)N1Cc1ccccc1. The molecule has 1 heterocycles. The van der Waals surface area contributed by atoms with E-state index in [2.05, 4.69) is 0 Å². The van der Waals surface area contributed by atoms with Crippen molar-refractivity contribution < 1.29 is 14.8 Å². The molecule has 0 saturated carbocycles. The molecule has 0 aromatic heterocycles. The molecular formula is C24H21N3O4. The van der Waals surface area contributed by atoms with Gasteiger partial charge >= 0.3 is 5.97 Å². The highest BCUT2D eigenvalue weighted by Crippen LogP contribution is 2.48. The lowest BCUT2D eigenvalue weighted by atomic mass is 9.79. The summed E-state index contributed by atoms with van der Waals surface area (Å²) in [6.07, 6.45) is 0. The summed E-state index contributed by atoms with van der Waals surface area (Å²) in [7, 11) is 0. The van der Waals surface area contributed by atoms with Crippen molar-refractivity contribution in [2.75, 3.05) is 0 Å². The van der Waals surface area contributed by atoms with E-state index in [1.54, 1.807) is 43.3 Å². The van der Waals surface area contributed by atoms with Gasteiger partial charge in [0.05, 0.1) is 16.8 Å². The zero-order valence-electron chi connectivity index (χ0n) is 16.9. The number of carboxylic acid groups (broad SMARTS) is 1. The Morgan fingerprint density at radius 2 is 1.61 bits per heavy atom. The van der Waals surface area contributed by atoms with Crippen LogP contribution in [0.4, 0.5) is 5.69 Å². The summed E-state index contributed by atoms with van der Waals surface area (Å²) in [5.41, 5.74) is 0.595. The van der Waals surface area contributed by atoms with Crippen LogP contribution >= 0.6 is 0 Å². The molecule has 0 fully saturated rings. The molecule has 7 heteroatoms. The number of nitro benzene ring substituents is 1. The number of benzene rings is 3. The smallest absolute Gasteiger partial charge is 0.338 e. The van der Waals surface area contributed by atoms with Crippen molar-refractivity contribution in [1.29, 1.82) is 0 Å². The summed E-state index contributed by atoms with van der Waals surface area (Å²) < 4.78 is 0. The molecule has 0 spiro atoms. The van der Waals surface area contributed by atoms with E-state index in [-0.39, 0.29) is 5.69 Å². The van der Waals surface area contributed by atoms with Gasteiger partial charge in [-0.1, -0.05) is 72.8 Å². The second-order valence-electron chi connectivity index (χ2n) is 7.46. The standard InChI is InChI=1S/C24H21N3O4/c1-17-25-24(23(28)29,20-10-6-3-7-11-20)22(19-12-14-21(15-13-19)27(30)31)26(17)16-18-8-4-2-5-9-18/h2-15,22H,16H2,1H3,(H,28,29)/t22-,24-/m0/s1. The van der Waals surface area contributed by atoms with Crippen LogP contribution in [-0.4, -0.2) is 26.7 Å². The van der Waals surface area contributed by atoms with Gasteiger partial charge in [0.1, 0.15) is 0 Å². The van der Waals surface area contributed by atoms with Gasteiger partial charge in [-0.25, -0.2) is 9.79 Å². The minimum Gasteiger partial charge on any atom is -0.479 e. The Kier molecular flexibility index (Phi) is 5.25. The van der Waals surface area contributed by atoms with Crippen LogP contribution in [-0.2, 0) is 16.9 Å². The molecule has 2 atom stereocenters. The fraction of sp³-hybridized carbons (Fsp3) is 0.167. The fourth-order valence-corrected chi connectivity index (χ4v) is 4.18. The average molecular weight is 415 g/mol. The second kappa shape index (κ2) is 8.02. The first-order valence-electron chi connectivity index (χ1n) is 9.84. The van der Waals surface area contributed by atoms with Crippen molar-refractivity contribution in [1.82, 2.24) is 4.90 Å². The molecule has 1 aliphatic heterocycles. The number of nitrogens with zero attached hydrogens (tertiary/aromatic N) is 3. The molecule has 4 rings (SSSR count). The summed E-state index contributed by atoms with van der Waals surface area (Å²) in [6.45, 7) is 2.26. The van der Waals surface area contributed by atoms with Crippen molar-refractivity contribution in [3.63, 3.8) is 0 Å². The molecule has 0 amide bonds. The number of non-ortho nitro benzene ring substituents is 1. The maximum atomic E-state index is 12.8. The van der Waals surface area contributed by atoms with Crippen LogP contribution in [0.5, 0.6) is 0 Å². The highest BCUT2D eigenvalue weighted by atomic mass is 16.6. The Balaban J connectivity index is 1.89. The molecule has 31 heavy (non-hydrogen) atoms. The quantitative estimate of drug-likeness (QED) is 0.471. The van der Waals surface area contributed by atoms with Crippen LogP contribution in [0.15, 0.2) is 89.9 Å². The zero-order valence-corrected chi connectivity index (χ0v) is 16.9. The maximum absolute atomic E-state index is 12.8. The van der Waals surface area contributed by atoms with Crippen molar-refractivity contribution >= 4 is 17.5 Å². The molecule has 0 bridgehead atoms. The van der Waals surface area contributed by atoms with Crippen molar-refractivity contribution in [3.05, 3.63) is 112 Å². The fourth-order valence-electron chi connectivity index (χ4n) is 4.18. The number of aliphatic imine (C=N–C) groups is 1. The highest BCUT2D eigenvalue weighted by Gasteiger charge is 2.55. The highest BCUT2D eigenvalue weighted by molar-refractivity contribution is 5.93. The van der Waals surface area contributed by atoms with Gasteiger partial charge in [-0.15, -0.1) is 0 Å². The lowest BCUT2D eigenvalue weighted by Gasteiger charge is -2.36. The zero-order chi connectivity index (χ0) is 22.0. The molecule has 0 radical (unpaired) electrons. The number of amidine groups is 1. The summed E-state index contributed by atoms with van der Waals surface area (Å²) >= 11 is 0. The summed E-state index contributed by atoms with van der Waals surface area (Å²) in [5.74, 6) is -0.476. The van der Waals surface area contributed by atoms with E-state index in [0.29, 0.717) is 23.5 Å². The number of nitro groups is 1. The molecule has 3 aromatic carbocycles. The number of hydrogen-bond acceptors (Lipinski definition) is 5. The van der Waals surface area contributed by atoms with E-state index < -0.39 is 22.5 Å². The average Bonchev–Trinajstić information content (AvgIpc) is 3.08.